The van der Waals surface area contributed by atoms with Crippen LogP contribution >= 0.6 is 0 Å². The van der Waals surface area contributed by atoms with Crippen LogP contribution in [-0.2, 0) is 4.79 Å². The van der Waals surface area contributed by atoms with E-state index in [1.165, 1.54) is 5.01 Å². The lowest BCUT2D eigenvalue weighted by Gasteiger charge is -2.12. The summed E-state index contributed by atoms with van der Waals surface area (Å²) in [7, 11) is 1.61. The standard InChI is InChI=1S/C14H16N2O2/c1-9(2)13-10(3)15-16(14(13)17)11-5-7-12(18-4)8-6-11/h5-8H,1-4H3. The molecule has 1 amide bonds. The maximum atomic E-state index is 12.2. The third-order valence-electron chi connectivity index (χ3n) is 2.84. The average molecular weight is 244 g/mol. The highest BCUT2D eigenvalue weighted by molar-refractivity contribution is 6.30. The molecule has 1 aromatic carbocycles. The van der Waals surface area contributed by atoms with Gasteiger partial charge in [0.25, 0.3) is 5.91 Å². The van der Waals surface area contributed by atoms with Crippen molar-refractivity contribution < 1.29 is 9.53 Å². The first-order chi connectivity index (χ1) is 8.54. The molecule has 94 valence electrons. The van der Waals surface area contributed by atoms with Gasteiger partial charge in [0.05, 0.1) is 24.1 Å². The lowest BCUT2D eigenvalue weighted by Crippen LogP contribution is -2.21. The van der Waals surface area contributed by atoms with Crippen LogP contribution in [0.15, 0.2) is 40.5 Å². The molecule has 0 spiro atoms. The normalized spacial score (nSPS) is 14.9. The summed E-state index contributed by atoms with van der Waals surface area (Å²) in [6, 6.07) is 7.27. The molecule has 18 heavy (non-hydrogen) atoms. The van der Waals surface area contributed by atoms with E-state index in [0.717, 1.165) is 22.7 Å². The third-order valence-corrected chi connectivity index (χ3v) is 2.84. The van der Waals surface area contributed by atoms with Crippen molar-refractivity contribution in [2.75, 3.05) is 12.1 Å². The quantitative estimate of drug-likeness (QED) is 0.751. The molecule has 1 heterocycles. The molecule has 1 aliphatic heterocycles. The second kappa shape index (κ2) is 4.64. The highest BCUT2D eigenvalue weighted by atomic mass is 16.5. The van der Waals surface area contributed by atoms with Gasteiger partial charge in [-0.25, -0.2) is 0 Å². The molecule has 0 bridgehead atoms. The molecule has 1 aliphatic rings. The second-order valence-corrected chi connectivity index (χ2v) is 4.38. The zero-order valence-corrected chi connectivity index (χ0v) is 11.0. The lowest BCUT2D eigenvalue weighted by atomic mass is 10.1. The summed E-state index contributed by atoms with van der Waals surface area (Å²) in [5.41, 5.74) is 3.19. The van der Waals surface area contributed by atoms with E-state index >= 15 is 0 Å². The Kier molecular flexibility index (Phi) is 3.19. The highest BCUT2D eigenvalue weighted by Gasteiger charge is 2.29. The minimum atomic E-state index is -0.0716. The summed E-state index contributed by atoms with van der Waals surface area (Å²) in [6.45, 7) is 5.69. The van der Waals surface area contributed by atoms with Crippen LogP contribution in [0.2, 0.25) is 0 Å². The Labute approximate surface area is 107 Å². The molecule has 0 fully saturated rings. The van der Waals surface area contributed by atoms with Gasteiger partial charge < -0.3 is 4.74 Å². The molecule has 0 unspecified atom stereocenters. The van der Waals surface area contributed by atoms with E-state index in [2.05, 4.69) is 5.10 Å². The van der Waals surface area contributed by atoms with Crippen LogP contribution in [0, 0.1) is 0 Å². The molecule has 2 rings (SSSR count). The number of hydrogen-bond donors (Lipinski definition) is 0. The summed E-state index contributed by atoms with van der Waals surface area (Å²) >= 11 is 0. The van der Waals surface area contributed by atoms with Gasteiger partial charge in [-0.1, -0.05) is 5.57 Å². The molecule has 0 saturated heterocycles. The number of rotatable bonds is 2. The van der Waals surface area contributed by atoms with Crippen molar-refractivity contribution in [2.45, 2.75) is 20.8 Å². The number of hydrogen-bond acceptors (Lipinski definition) is 3. The summed E-state index contributed by atoms with van der Waals surface area (Å²) in [6.07, 6.45) is 0. The predicted molar refractivity (Wildman–Crippen MR) is 72.0 cm³/mol. The number of nitrogens with zero attached hydrogens (tertiary/aromatic N) is 2. The maximum absolute atomic E-state index is 12.2. The summed E-state index contributed by atoms with van der Waals surface area (Å²) in [4.78, 5) is 12.2. The van der Waals surface area contributed by atoms with Crippen LogP contribution in [0.25, 0.3) is 0 Å². The van der Waals surface area contributed by atoms with Gasteiger partial charge >= 0.3 is 0 Å². The number of amides is 1. The van der Waals surface area contributed by atoms with Gasteiger partial charge in [0.1, 0.15) is 5.75 Å². The number of carbonyl (C=O) groups is 1. The monoisotopic (exact) mass is 244 g/mol. The number of allylic oxidation sites excluding steroid dienone is 1. The lowest BCUT2D eigenvalue weighted by molar-refractivity contribution is -0.114. The van der Waals surface area contributed by atoms with Crippen molar-refractivity contribution in [3.63, 3.8) is 0 Å². The van der Waals surface area contributed by atoms with Crippen molar-refractivity contribution in [1.82, 2.24) is 0 Å². The number of anilines is 1. The fraction of sp³-hybridized carbons (Fsp3) is 0.286. The first-order valence-electron chi connectivity index (χ1n) is 5.76. The smallest absolute Gasteiger partial charge is 0.280 e. The minimum absolute atomic E-state index is 0.0716. The van der Waals surface area contributed by atoms with Gasteiger partial charge in [-0.15, -0.1) is 0 Å². The van der Waals surface area contributed by atoms with Crippen molar-refractivity contribution in [3.05, 3.63) is 35.4 Å². The third kappa shape index (κ3) is 2.01. The van der Waals surface area contributed by atoms with Gasteiger partial charge in [0.2, 0.25) is 0 Å². The molecule has 4 nitrogen and oxygen atoms in total. The minimum Gasteiger partial charge on any atom is -0.497 e. The molecule has 0 atom stereocenters. The van der Waals surface area contributed by atoms with E-state index in [9.17, 15) is 4.79 Å². The maximum Gasteiger partial charge on any atom is 0.280 e. The van der Waals surface area contributed by atoms with Gasteiger partial charge in [-0.3, -0.25) is 4.79 Å². The van der Waals surface area contributed by atoms with Gasteiger partial charge in [-0.2, -0.15) is 10.1 Å². The van der Waals surface area contributed by atoms with Crippen molar-refractivity contribution in [2.24, 2.45) is 5.10 Å². The number of hydrazone groups is 1. The van der Waals surface area contributed by atoms with Crippen molar-refractivity contribution in [3.8, 4) is 5.75 Å². The van der Waals surface area contributed by atoms with E-state index in [1.54, 1.807) is 7.11 Å². The van der Waals surface area contributed by atoms with E-state index in [-0.39, 0.29) is 5.91 Å². The number of methoxy groups -OCH3 is 1. The summed E-state index contributed by atoms with van der Waals surface area (Å²) < 4.78 is 5.09. The van der Waals surface area contributed by atoms with Crippen molar-refractivity contribution >= 4 is 17.3 Å². The Balaban J connectivity index is 2.36. The molecule has 0 aromatic heterocycles. The van der Waals surface area contributed by atoms with E-state index in [4.69, 9.17) is 4.74 Å². The molecule has 0 radical (unpaired) electrons. The number of benzene rings is 1. The van der Waals surface area contributed by atoms with Crippen LogP contribution in [0.4, 0.5) is 5.69 Å². The highest BCUT2D eigenvalue weighted by Crippen LogP contribution is 2.26. The molecule has 4 heteroatoms. The average Bonchev–Trinajstić information content (AvgIpc) is 2.65. The fourth-order valence-electron chi connectivity index (χ4n) is 1.98. The Morgan fingerprint density at radius 1 is 1.22 bits per heavy atom. The summed E-state index contributed by atoms with van der Waals surface area (Å²) in [5.74, 6) is 0.686. The SMILES string of the molecule is COc1ccc(N2N=C(C)C(=C(C)C)C2=O)cc1. The Bertz CT molecular complexity index is 537. The van der Waals surface area contributed by atoms with Crippen molar-refractivity contribution in [1.29, 1.82) is 0 Å². The molecule has 0 N–H and O–H groups in total. The molecule has 0 saturated carbocycles. The van der Waals surface area contributed by atoms with E-state index in [1.807, 2.05) is 45.0 Å². The van der Waals surface area contributed by atoms with Crippen LogP contribution < -0.4 is 9.75 Å². The first kappa shape index (κ1) is 12.4. The fourth-order valence-corrected chi connectivity index (χ4v) is 1.98. The Hall–Kier alpha value is -2.10. The van der Waals surface area contributed by atoms with Crippen LogP contribution in [0.5, 0.6) is 5.75 Å². The second-order valence-electron chi connectivity index (χ2n) is 4.38. The molecular weight excluding hydrogens is 228 g/mol. The first-order valence-corrected chi connectivity index (χ1v) is 5.76. The Morgan fingerprint density at radius 3 is 2.28 bits per heavy atom. The zero-order chi connectivity index (χ0) is 13.3. The van der Waals surface area contributed by atoms with Gasteiger partial charge in [0, 0.05) is 0 Å². The molecule has 0 aliphatic carbocycles. The molecular formula is C14H16N2O2. The molecule has 1 aromatic rings. The Morgan fingerprint density at radius 2 is 1.83 bits per heavy atom. The zero-order valence-electron chi connectivity index (χ0n) is 11.0. The number of carbonyl (C=O) groups excluding carboxylic acids is 1. The van der Waals surface area contributed by atoms with Crippen LogP contribution in [-0.4, -0.2) is 18.7 Å². The summed E-state index contributed by atoms with van der Waals surface area (Å²) in [5, 5.41) is 5.73. The number of ether oxygens (including phenoxy) is 1. The van der Waals surface area contributed by atoms with Gasteiger partial charge in [0.15, 0.2) is 0 Å². The van der Waals surface area contributed by atoms with Crippen LogP contribution in [0.1, 0.15) is 20.8 Å². The topological polar surface area (TPSA) is 41.9 Å². The largest absolute Gasteiger partial charge is 0.497 e. The van der Waals surface area contributed by atoms with Gasteiger partial charge in [-0.05, 0) is 45.0 Å². The van der Waals surface area contributed by atoms with E-state index < -0.39 is 0 Å². The van der Waals surface area contributed by atoms with E-state index in [0.29, 0.717) is 5.57 Å². The predicted octanol–water partition coefficient (Wildman–Crippen LogP) is 2.75. The van der Waals surface area contributed by atoms with Crippen LogP contribution in [0.3, 0.4) is 0 Å².